The summed E-state index contributed by atoms with van der Waals surface area (Å²) in [6, 6.07) is 25.0. The third-order valence-electron chi connectivity index (χ3n) is 6.11. The second-order valence-electron chi connectivity index (χ2n) is 8.07. The normalized spacial score (nSPS) is 15.5. The number of hydrogen-bond acceptors (Lipinski definition) is 5. The van der Waals surface area contributed by atoms with E-state index in [1.54, 1.807) is 21.3 Å². The lowest BCUT2D eigenvalue weighted by Crippen LogP contribution is -2.46. The quantitative estimate of drug-likeness (QED) is 0.494. The molecule has 0 atom stereocenters. The fourth-order valence-electron chi connectivity index (χ4n) is 4.61. The molecule has 0 amide bonds. The van der Waals surface area contributed by atoms with Crippen LogP contribution in [-0.2, 0) is 13.1 Å². The highest BCUT2D eigenvalue weighted by molar-refractivity contribution is 5.36. The highest BCUT2D eigenvalue weighted by Gasteiger charge is 2.32. The Morgan fingerprint density at radius 1 is 0.688 bits per heavy atom. The molecule has 0 bridgehead atoms. The Morgan fingerprint density at radius 2 is 1.25 bits per heavy atom. The standard InChI is InChI=1S/C27H32N2O3/c1-30-24-13-8-12-21(18-24)27-28(19-22-10-4-6-14-25(22)31-2)16-9-17-29(27)20-23-11-5-7-15-26(23)32-3/h4-8,10-15,18,27H,9,16-17,19-20H2,1-3H3. The van der Waals surface area contributed by atoms with Crippen LogP contribution in [0.1, 0.15) is 29.3 Å². The van der Waals surface area contributed by atoms with Crippen molar-refractivity contribution in [1.29, 1.82) is 0 Å². The summed E-state index contributed by atoms with van der Waals surface area (Å²) in [5, 5.41) is 0. The van der Waals surface area contributed by atoms with Crippen LogP contribution in [-0.4, -0.2) is 44.2 Å². The van der Waals surface area contributed by atoms with Crippen LogP contribution >= 0.6 is 0 Å². The molecular formula is C27H32N2O3. The first-order valence-electron chi connectivity index (χ1n) is 11.1. The van der Waals surface area contributed by atoms with Gasteiger partial charge in [-0.15, -0.1) is 0 Å². The molecule has 0 saturated carbocycles. The van der Waals surface area contributed by atoms with E-state index in [2.05, 4.69) is 52.3 Å². The number of hydrogen-bond donors (Lipinski definition) is 0. The smallest absolute Gasteiger partial charge is 0.123 e. The second kappa shape index (κ2) is 10.5. The van der Waals surface area contributed by atoms with Gasteiger partial charge in [-0.25, -0.2) is 0 Å². The molecule has 0 aliphatic carbocycles. The predicted octanol–water partition coefficient (Wildman–Crippen LogP) is 5.12. The molecule has 1 heterocycles. The zero-order valence-electron chi connectivity index (χ0n) is 19.2. The van der Waals surface area contributed by atoms with Crippen molar-refractivity contribution in [3.05, 3.63) is 89.5 Å². The molecule has 1 saturated heterocycles. The van der Waals surface area contributed by atoms with Gasteiger partial charge in [-0.05, 0) is 36.2 Å². The molecule has 0 radical (unpaired) electrons. The van der Waals surface area contributed by atoms with Gasteiger partial charge in [-0.2, -0.15) is 0 Å². The molecule has 1 aliphatic heterocycles. The molecule has 3 aromatic carbocycles. The van der Waals surface area contributed by atoms with Gasteiger partial charge >= 0.3 is 0 Å². The van der Waals surface area contributed by atoms with Crippen molar-refractivity contribution in [2.24, 2.45) is 0 Å². The Hall–Kier alpha value is -3.02. The Labute approximate surface area is 191 Å². The molecule has 0 spiro atoms. The van der Waals surface area contributed by atoms with Crippen molar-refractivity contribution in [1.82, 2.24) is 9.80 Å². The lowest BCUT2D eigenvalue weighted by Gasteiger charge is -2.44. The molecule has 168 valence electrons. The Bertz CT molecular complexity index is 966. The molecule has 4 rings (SSSR count). The highest BCUT2D eigenvalue weighted by Crippen LogP contribution is 2.35. The van der Waals surface area contributed by atoms with Gasteiger partial charge < -0.3 is 14.2 Å². The minimum atomic E-state index is 0.119. The first-order chi connectivity index (χ1) is 15.7. The molecule has 32 heavy (non-hydrogen) atoms. The van der Waals surface area contributed by atoms with Gasteiger partial charge in [0.1, 0.15) is 17.2 Å². The topological polar surface area (TPSA) is 34.2 Å². The maximum Gasteiger partial charge on any atom is 0.123 e. The molecule has 0 aromatic heterocycles. The van der Waals surface area contributed by atoms with E-state index < -0.39 is 0 Å². The van der Waals surface area contributed by atoms with Gasteiger partial charge in [-0.3, -0.25) is 9.80 Å². The summed E-state index contributed by atoms with van der Waals surface area (Å²) >= 11 is 0. The highest BCUT2D eigenvalue weighted by atomic mass is 16.5. The zero-order valence-corrected chi connectivity index (χ0v) is 19.2. The molecule has 3 aromatic rings. The summed E-state index contributed by atoms with van der Waals surface area (Å²) in [6.07, 6.45) is 1.22. The van der Waals surface area contributed by atoms with Crippen LogP contribution in [0.2, 0.25) is 0 Å². The van der Waals surface area contributed by atoms with Crippen LogP contribution in [0.5, 0.6) is 17.2 Å². The van der Waals surface area contributed by atoms with Crippen molar-refractivity contribution >= 4 is 0 Å². The second-order valence-corrected chi connectivity index (χ2v) is 8.07. The molecule has 0 N–H and O–H groups in total. The van der Waals surface area contributed by atoms with E-state index in [4.69, 9.17) is 14.2 Å². The molecular weight excluding hydrogens is 400 g/mol. The van der Waals surface area contributed by atoms with Crippen LogP contribution in [0, 0.1) is 0 Å². The number of methoxy groups -OCH3 is 3. The number of ether oxygens (including phenoxy) is 3. The summed E-state index contributed by atoms with van der Waals surface area (Å²) in [4.78, 5) is 5.07. The third kappa shape index (κ3) is 4.90. The maximum absolute atomic E-state index is 5.64. The van der Waals surface area contributed by atoms with Crippen molar-refractivity contribution in [3.8, 4) is 17.2 Å². The van der Waals surface area contributed by atoms with E-state index >= 15 is 0 Å². The lowest BCUT2D eigenvalue weighted by molar-refractivity contribution is -0.00986. The van der Waals surface area contributed by atoms with Gasteiger partial charge in [0.2, 0.25) is 0 Å². The molecule has 5 heteroatoms. The number of para-hydroxylation sites is 2. The minimum Gasteiger partial charge on any atom is -0.497 e. The number of nitrogens with zero attached hydrogens (tertiary/aromatic N) is 2. The SMILES string of the molecule is COc1cccc(C2N(Cc3ccccc3OC)CCCN2Cc2ccccc2OC)c1. The van der Waals surface area contributed by atoms with E-state index in [0.29, 0.717) is 0 Å². The molecule has 1 fully saturated rings. The van der Waals surface area contributed by atoms with Crippen LogP contribution in [0.15, 0.2) is 72.8 Å². The van der Waals surface area contributed by atoms with Crippen LogP contribution in [0.4, 0.5) is 0 Å². The summed E-state index contributed by atoms with van der Waals surface area (Å²) in [5.41, 5.74) is 3.62. The van der Waals surface area contributed by atoms with Crippen LogP contribution < -0.4 is 14.2 Å². The van der Waals surface area contributed by atoms with Gasteiger partial charge in [0.25, 0.3) is 0 Å². The Morgan fingerprint density at radius 3 is 1.78 bits per heavy atom. The maximum atomic E-state index is 5.64. The predicted molar refractivity (Wildman–Crippen MR) is 127 cm³/mol. The zero-order chi connectivity index (χ0) is 22.3. The molecule has 5 nitrogen and oxygen atoms in total. The fourth-order valence-corrected chi connectivity index (χ4v) is 4.61. The van der Waals surface area contributed by atoms with Crippen LogP contribution in [0.3, 0.4) is 0 Å². The largest absolute Gasteiger partial charge is 0.497 e. The molecule has 0 unspecified atom stereocenters. The Kier molecular flexibility index (Phi) is 7.30. The van der Waals surface area contributed by atoms with Crippen molar-refractivity contribution in [2.75, 3.05) is 34.4 Å². The minimum absolute atomic E-state index is 0.119. The van der Waals surface area contributed by atoms with E-state index in [-0.39, 0.29) is 6.17 Å². The summed E-state index contributed by atoms with van der Waals surface area (Å²) in [5.74, 6) is 2.74. The van der Waals surface area contributed by atoms with E-state index in [0.717, 1.165) is 49.8 Å². The van der Waals surface area contributed by atoms with Gasteiger partial charge in [0, 0.05) is 37.3 Å². The van der Waals surface area contributed by atoms with Gasteiger partial charge in [0.15, 0.2) is 0 Å². The van der Waals surface area contributed by atoms with E-state index in [1.165, 1.54) is 16.7 Å². The lowest BCUT2D eigenvalue weighted by atomic mass is 10.0. The Balaban J connectivity index is 1.69. The van der Waals surface area contributed by atoms with Gasteiger partial charge in [0.05, 0.1) is 27.5 Å². The van der Waals surface area contributed by atoms with Crippen LogP contribution in [0.25, 0.3) is 0 Å². The summed E-state index contributed by atoms with van der Waals surface area (Å²) in [6.45, 7) is 3.66. The summed E-state index contributed by atoms with van der Waals surface area (Å²) < 4.78 is 16.8. The third-order valence-corrected chi connectivity index (χ3v) is 6.11. The number of rotatable bonds is 8. The monoisotopic (exact) mass is 432 g/mol. The van der Waals surface area contributed by atoms with E-state index in [9.17, 15) is 0 Å². The summed E-state index contributed by atoms with van der Waals surface area (Å²) in [7, 11) is 5.20. The van der Waals surface area contributed by atoms with Crippen molar-refractivity contribution in [2.45, 2.75) is 25.7 Å². The first-order valence-corrected chi connectivity index (χ1v) is 11.1. The van der Waals surface area contributed by atoms with Crippen molar-refractivity contribution < 1.29 is 14.2 Å². The van der Waals surface area contributed by atoms with Crippen molar-refractivity contribution in [3.63, 3.8) is 0 Å². The average Bonchev–Trinajstić information content (AvgIpc) is 2.85. The van der Waals surface area contributed by atoms with E-state index in [1.807, 2.05) is 30.3 Å². The van der Waals surface area contributed by atoms with Gasteiger partial charge in [-0.1, -0.05) is 48.5 Å². The average molecular weight is 433 g/mol. The number of benzene rings is 3. The molecule has 1 aliphatic rings. The fraction of sp³-hybridized carbons (Fsp3) is 0.333. The first kappa shape index (κ1) is 22.2.